The molecular formula is C24H31N3OSi. The minimum atomic E-state index is -1.94. The van der Waals surface area contributed by atoms with Gasteiger partial charge in [-0.05, 0) is 40.4 Å². The van der Waals surface area contributed by atoms with E-state index in [-0.39, 0.29) is 0 Å². The van der Waals surface area contributed by atoms with Gasteiger partial charge in [0, 0.05) is 10.9 Å². The van der Waals surface area contributed by atoms with Gasteiger partial charge in [0.1, 0.15) is 6.10 Å². The summed E-state index contributed by atoms with van der Waals surface area (Å²) in [5, 5.41) is 26.2. The molecule has 1 atom stereocenters. The molecule has 29 heavy (non-hydrogen) atoms. The summed E-state index contributed by atoms with van der Waals surface area (Å²) in [6.45, 7) is 14.0. The molecule has 0 aliphatic rings. The van der Waals surface area contributed by atoms with Crippen LogP contribution in [0.2, 0.25) is 16.6 Å². The highest BCUT2D eigenvalue weighted by molar-refractivity contribution is 6.82. The maximum atomic E-state index is 10.9. The fourth-order valence-electron chi connectivity index (χ4n) is 5.28. The first kappa shape index (κ1) is 21.3. The molecule has 0 amide bonds. The van der Waals surface area contributed by atoms with E-state index in [0.717, 1.165) is 16.5 Å². The molecule has 0 aliphatic heterocycles. The van der Waals surface area contributed by atoms with Crippen LogP contribution in [0.15, 0.2) is 48.7 Å². The normalized spacial score (nSPS) is 13.4. The topological polar surface area (TPSA) is 61.8 Å². The van der Waals surface area contributed by atoms with E-state index in [2.05, 4.69) is 58.0 Å². The highest BCUT2D eigenvalue weighted by Crippen LogP contribution is 2.43. The second kappa shape index (κ2) is 8.14. The van der Waals surface area contributed by atoms with Gasteiger partial charge < -0.3 is 5.11 Å². The highest BCUT2D eigenvalue weighted by Gasteiger charge is 2.47. The fraction of sp³-hybridized carbons (Fsp3) is 0.417. The third-order valence-electron chi connectivity index (χ3n) is 6.43. The van der Waals surface area contributed by atoms with Gasteiger partial charge in [-0.1, -0.05) is 65.8 Å². The molecule has 1 N–H and O–H groups in total. The van der Waals surface area contributed by atoms with E-state index >= 15 is 0 Å². The van der Waals surface area contributed by atoms with Gasteiger partial charge in [0.25, 0.3) is 0 Å². The Bertz CT molecular complexity index is 1020. The largest absolute Gasteiger partial charge is 0.384 e. The predicted octanol–water partition coefficient (Wildman–Crippen LogP) is 6.01. The summed E-state index contributed by atoms with van der Waals surface area (Å²) in [7, 11) is -1.94. The minimum Gasteiger partial charge on any atom is -0.384 e. The SMILES string of the molecule is CC(C)[Si](C(C)C)(C(C)C)n1ncc2cc(C(O)c3ccccc3C#N)ccc21. The van der Waals surface area contributed by atoms with Crippen LogP contribution in [0.5, 0.6) is 0 Å². The number of nitriles is 1. The molecule has 0 spiro atoms. The van der Waals surface area contributed by atoms with Crippen LogP contribution in [0, 0.1) is 11.3 Å². The molecule has 1 unspecified atom stereocenters. The fourth-order valence-corrected chi connectivity index (χ4v) is 11.6. The molecule has 4 nitrogen and oxygen atoms in total. The Labute approximate surface area is 174 Å². The van der Waals surface area contributed by atoms with Crippen LogP contribution >= 0.6 is 0 Å². The highest BCUT2D eigenvalue weighted by atomic mass is 28.3. The van der Waals surface area contributed by atoms with E-state index in [0.29, 0.717) is 27.8 Å². The zero-order valence-electron chi connectivity index (χ0n) is 18.2. The molecule has 3 aromatic rings. The summed E-state index contributed by atoms with van der Waals surface area (Å²) < 4.78 is 2.34. The summed E-state index contributed by atoms with van der Waals surface area (Å²) in [4.78, 5) is 0. The van der Waals surface area contributed by atoms with Gasteiger partial charge in [0.05, 0.1) is 23.3 Å². The van der Waals surface area contributed by atoms with Gasteiger partial charge in [0.2, 0.25) is 0 Å². The van der Waals surface area contributed by atoms with E-state index in [1.165, 1.54) is 0 Å². The molecule has 0 bridgehead atoms. The molecule has 0 aliphatic carbocycles. The van der Waals surface area contributed by atoms with E-state index in [1.54, 1.807) is 6.07 Å². The van der Waals surface area contributed by atoms with Gasteiger partial charge in [-0.15, -0.1) is 0 Å². The van der Waals surface area contributed by atoms with Gasteiger partial charge in [-0.3, -0.25) is 4.35 Å². The van der Waals surface area contributed by atoms with E-state index in [4.69, 9.17) is 5.10 Å². The van der Waals surface area contributed by atoms with Crippen LogP contribution in [-0.2, 0) is 0 Å². The lowest BCUT2D eigenvalue weighted by atomic mass is 9.97. The molecule has 0 saturated carbocycles. The molecular weight excluding hydrogens is 374 g/mol. The first-order valence-corrected chi connectivity index (χ1v) is 12.6. The molecule has 0 radical (unpaired) electrons. The van der Waals surface area contributed by atoms with Crippen molar-refractivity contribution in [1.82, 2.24) is 9.45 Å². The zero-order chi connectivity index (χ0) is 21.3. The van der Waals surface area contributed by atoms with Crippen molar-refractivity contribution >= 4 is 19.1 Å². The maximum absolute atomic E-state index is 10.9. The van der Waals surface area contributed by atoms with Gasteiger partial charge >= 0.3 is 0 Å². The summed E-state index contributed by atoms with van der Waals surface area (Å²) >= 11 is 0. The Hall–Kier alpha value is -2.42. The molecule has 152 valence electrons. The third kappa shape index (κ3) is 3.41. The lowest BCUT2D eigenvalue weighted by molar-refractivity contribution is 0.220. The smallest absolute Gasteiger partial charge is 0.193 e. The lowest BCUT2D eigenvalue weighted by Crippen LogP contribution is -2.52. The van der Waals surface area contributed by atoms with Crippen molar-refractivity contribution in [2.24, 2.45) is 0 Å². The minimum absolute atomic E-state index is 0.502. The van der Waals surface area contributed by atoms with Crippen molar-refractivity contribution in [2.45, 2.75) is 64.3 Å². The summed E-state index contributed by atoms with van der Waals surface area (Å²) in [6, 6.07) is 15.5. The van der Waals surface area contributed by atoms with E-state index in [1.807, 2.05) is 36.5 Å². The van der Waals surface area contributed by atoms with E-state index < -0.39 is 14.3 Å². The number of rotatable bonds is 6. The van der Waals surface area contributed by atoms with Gasteiger partial charge in [0.15, 0.2) is 8.24 Å². The number of hydrogen-bond donors (Lipinski definition) is 1. The number of nitrogens with zero attached hydrogens (tertiary/aromatic N) is 3. The second-order valence-electron chi connectivity index (χ2n) is 8.83. The Balaban J connectivity index is 2.12. The number of aromatic nitrogens is 2. The van der Waals surface area contributed by atoms with E-state index in [9.17, 15) is 10.4 Å². The Kier molecular flexibility index (Phi) is 5.97. The lowest BCUT2D eigenvalue weighted by Gasteiger charge is -2.43. The van der Waals surface area contributed by atoms with Crippen LogP contribution in [-0.4, -0.2) is 22.8 Å². The first-order chi connectivity index (χ1) is 13.7. The Morgan fingerprint density at radius 3 is 2.17 bits per heavy atom. The second-order valence-corrected chi connectivity index (χ2v) is 14.5. The number of aliphatic hydroxyl groups is 1. The number of hydrogen-bond acceptors (Lipinski definition) is 3. The first-order valence-electron chi connectivity index (χ1n) is 10.4. The van der Waals surface area contributed by atoms with Crippen molar-refractivity contribution in [3.05, 3.63) is 65.4 Å². The average Bonchev–Trinajstić information content (AvgIpc) is 3.10. The maximum Gasteiger partial charge on any atom is 0.193 e. The number of fused-ring (bicyclic) bond motifs is 1. The molecule has 3 rings (SSSR count). The predicted molar refractivity (Wildman–Crippen MR) is 121 cm³/mol. The standard InChI is InChI=1S/C24H31N3OSi/c1-16(2)29(17(3)4,18(5)6)27-23-12-11-19(13-21(23)15-26-27)24(28)22-10-8-7-9-20(22)14-25/h7-13,15-18,24,28H,1-6H3. The zero-order valence-corrected chi connectivity index (χ0v) is 19.2. The van der Waals surface area contributed by atoms with Crippen molar-refractivity contribution in [3.8, 4) is 6.07 Å². The summed E-state index contributed by atoms with van der Waals surface area (Å²) in [5.74, 6) is 0. The van der Waals surface area contributed by atoms with Crippen molar-refractivity contribution in [3.63, 3.8) is 0 Å². The average molecular weight is 406 g/mol. The van der Waals surface area contributed by atoms with Crippen molar-refractivity contribution in [1.29, 1.82) is 5.26 Å². The van der Waals surface area contributed by atoms with Crippen molar-refractivity contribution < 1.29 is 5.11 Å². The van der Waals surface area contributed by atoms with Gasteiger partial charge in [-0.25, -0.2) is 0 Å². The van der Waals surface area contributed by atoms with Gasteiger partial charge in [-0.2, -0.15) is 10.4 Å². The molecule has 1 aromatic heterocycles. The van der Waals surface area contributed by atoms with Crippen LogP contribution in [0.4, 0.5) is 0 Å². The monoisotopic (exact) mass is 405 g/mol. The number of benzene rings is 2. The molecule has 0 fully saturated rings. The quantitative estimate of drug-likeness (QED) is 0.511. The third-order valence-corrected chi connectivity index (χ3v) is 13.1. The van der Waals surface area contributed by atoms with Crippen LogP contribution in [0.3, 0.4) is 0 Å². The molecule has 0 saturated heterocycles. The summed E-state index contributed by atoms with van der Waals surface area (Å²) in [6.07, 6.45) is 1.09. The Morgan fingerprint density at radius 2 is 1.59 bits per heavy atom. The molecule has 1 heterocycles. The Morgan fingerprint density at radius 1 is 0.966 bits per heavy atom. The molecule has 2 aromatic carbocycles. The van der Waals surface area contributed by atoms with Crippen LogP contribution in [0.25, 0.3) is 10.9 Å². The van der Waals surface area contributed by atoms with Crippen LogP contribution in [0.1, 0.15) is 64.3 Å². The summed E-state index contributed by atoms with van der Waals surface area (Å²) in [5.41, 5.74) is 4.72. The number of aliphatic hydroxyl groups excluding tert-OH is 1. The van der Waals surface area contributed by atoms with Crippen molar-refractivity contribution in [2.75, 3.05) is 0 Å². The molecule has 5 heteroatoms. The van der Waals surface area contributed by atoms with Crippen LogP contribution < -0.4 is 0 Å².